The number of nitrogens with one attached hydrogen (secondary N) is 1. The summed E-state index contributed by atoms with van der Waals surface area (Å²) >= 11 is 0. The number of hydrogen-bond acceptors (Lipinski definition) is 4. The largest absolute Gasteiger partial charge is 0.464 e. The van der Waals surface area contributed by atoms with Crippen molar-refractivity contribution in [2.75, 3.05) is 0 Å². The van der Waals surface area contributed by atoms with Crippen LogP contribution in [0.25, 0.3) is 22.4 Å². The molecule has 5 heteroatoms. The number of fused-ring (bicyclic) bond motifs is 1. The maximum atomic E-state index is 9.60. The van der Waals surface area contributed by atoms with Gasteiger partial charge in [0, 0.05) is 11.0 Å². The molecule has 0 saturated carbocycles. The molecular weight excluding hydrogens is 252 g/mol. The molecule has 3 aromatic rings. The van der Waals surface area contributed by atoms with Crippen LogP contribution in [-0.4, -0.2) is 15.2 Å². The number of furan rings is 1. The molecule has 0 radical (unpaired) electrons. The van der Waals surface area contributed by atoms with E-state index in [2.05, 4.69) is 21.3 Å². The van der Waals surface area contributed by atoms with Crippen molar-refractivity contribution in [1.82, 2.24) is 15.2 Å². The summed E-state index contributed by atoms with van der Waals surface area (Å²) in [6, 6.07) is 5.92. The van der Waals surface area contributed by atoms with Crippen molar-refractivity contribution >= 4 is 11.0 Å². The van der Waals surface area contributed by atoms with E-state index in [-0.39, 0.29) is 5.41 Å². The van der Waals surface area contributed by atoms with Crippen LogP contribution in [0.15, 0.2) is 29.0 Å². The smallest absolute Gasteiger partial charge is 0.156 e. The van der Waals surface area contributed by atoms with Crippen LogP contribution >= 0.6 is 0 Å². The van der Waals surface area contributed by atoms with Crippen molar-refractivity contribution in [2.45, 2.75) is 26.2 Å². The van der Waals surface area contributed by atoms with Gasteiger partial charge in [0.25, 0.3) is 0 Å². The number of aromatic nitrogens is 3. The number of aromatic amines is 1. The number of nitriles is 1. The summed E-state index contributed by atoms with van der Waals surface area (Å²) in [7, 11) is 0. The van der Waals surface area contributed by atoms with Gasteiger partial charge in [-0.2, -0.15) is 10.4 Å². The molecule has 0 atom stereocenters. The molecule has 0 aromatic carbocycles. The summed E-state index contributed by atoms with van der Waals surface area (Å²) in [6.45, 7) is 6.10. The SMILES string of the molecule is CC(C)(C)c1nc2[nH]ncc2c(-c2ccco2)c1C#N. The van der Waals surface area contributed by atoms with Gasteiger partial charge in [-0.1, -0.05) is 20.8 Å². The minimum Gasteiger partial charge on any atom is -0.464 e. The minimum absolute atomic E-state index is 0.244. The zero-order chi connectivity index (χ0) is 14.3. The topological polar surface area (TPSA) is 78.5 Å². The Balaban J connectivity index is 2.48. The Labute approximate surface area is 116 Å². The second-order valence-corrected chi connectivity index (χ2v) is 5.68. The van der Waals surface area contributed by atoms with E-state index in [4.69, 9.17) is 4.42 Å². The van der Waals surface area contributed by atoms with Gasteiger partial charge in [-0.25, -0.2) is 4.98 Å². The molecule has 0 saturated heterocycles. The molecule has 3 heterocycles. The van der Waals surface area contributed by atoms with Crippen LogP contribution in [0, 0.1) is 11.3 Å². The zero-order valence-electron chi connectivity index (χ0n) is 11.6. The zero-order valence-corrected chi connectivity index (χ0v) is 11.6. The minimum atomic E-state index is -0.244. The van der Waals surface area contributed by atoms with E-state index >= 15 is 0 Å². The molecule has 100 valence electrons. The fraction of sp³-hybridized carbons (Fsp3) is 0.267. The number of hydrogen-bond donors (Lipinski definition) is 1. The molecule has 0 aliphatic carbocycles. The van der Waals surface area contributed by atoms with Gasteiger partial charge in [0.2, 0.25) is 0 Å². The summed E-state index contributed by atoms with van der Waals surface area (Å²) in [5.74, 6) is 0.654. The number of nitrogens with zero attached hydrogens (tertiary/aromatic N) is 3. The lowest BCUT2D eigenvalue weighted by Gasteiger charge is -2.20. The van der Waals surface area contributed by atoms with Gasteiger partial charge in [0.1, 0.15) is 11.8 Å². The first-order chi connectivity index (χ1) is 9.52. The fourth-order valence-electron chi connectivity index (χ4n) is 2.30. The Morgan fingerprint density at radius 3 is 2.75 bits per heavy atom. The fourth-order valence-corrected chi connectivity index (χ4v) is 2.30. The molecule has 20 heavy (non-hydrogen) atoms. The third-order valence-electron chi connectivity index (χ3n) is 3.19. The second kappa shape index (κ2) is 4.20. The Kier molecular flexibility index (Phi) is 2.61. The number of H-pyrrole nitrogens is 1. The van der Waals surface area contributed by atoms with Crippen LogP contribution in [0.1, 0.15) is 32.0 Å². The highest BCUT2D eigenvalue weighted by atomic mass is 16.3. The molecule has 0 aliphatic rings. The molecule has 0 aliphatic heterocycles. The van der Waals surface area contributed by atoms with Gasteiger partial charge in [-0.15, -0.1) is 0 Å². The third kappa shape index (κ3) is 1.77. The molecule has 0 fully saturated rings. The van der Waals surface area contributed by atoms with Crippen LogP contribution in [-0.2, 0) is 5.41 Å². The Morgan fingerprint density at radius 1 is 1.35 bits per heavy atom. The summed E-state index contributed by atoms with van der Waals surface area (Å²) in [5.41, 5.74) is 2.46. The van der Waals surface area contributed by atoms with E-state index in [0.29, 0.717) is 17.0 Å². The lowest BCUT2D eigenvalue weighted by molar-refractivity contribution is 0.566. The predicted molar refractivity (Wildman–Crippen MR) is 75.0 cm³/mol. The van der Waals surface area contributed by atoms with Crippen LogP contribution in [0.4, 0.5) is 0 Å². The van der Waals surface area contributed by atoms with Crippen molar-refractivity contribution in [1.29, 1.82) is 5.26 Å². The Hall–Kier alpha value is -2.61. The molecule has 0 unspecified atom stereocenters. The van der Waals surface area contributed by atoms with Gasteiger partial charge in [0.05, 0.1) is 29.1 Å². The molecule has 3 aromatic heterocycles. The Morgan fingerprint density at radius 2 is 2.15 bits per heavy atom. The lowest BCUT2D eigenvalue weighted by atomic mass is 9.86. The number of rotatable bonds is 1. The average Bonchev–Trinajstić information content (AvgIpc) is 3.06. The Bertz CT molecular complexity index is 801. The molecule has 3 rings (SSSR count). The highest BCUT2D eigenvalue weighted by Crippen LogP contribution is 2.36. The normalized spacial score (nSPS) is 11.7. The van der Waals surface area contributed by atoms with E-state index in [0.717, 1.165) is 16.6 Å². The van der Waals surface area contributed by atoms with Crippen LogP contribution in [0.2, 0.25) is 0 Å². The maximum Gasteiger partial charge on any atom is 0.156 e. The molecule has 1 N–H and O–H groups in total. The van der Waals surface area contributed by atoms with Crippen molar-refractivity contribution < 1.29 is 4.42 Å². The molecule has 5 nitrogen and oxygen atoms in total. The van der Waals surface area contributed by atoms with Crippen LogP contribution in [0.3, 0.4) is 0 Å². The highest BCUT2D eigenvalue weighted by Gasteiger charge is 2.26. The second-order valence-electron chi connectivity index (χ2n) is 5.68. The van der Waals surface area contributed by atoms with E-state index in [1.165, 1.54) is 0 Å². The summed E-state index contributed by atoms with van der Waals surface area (Å²) in [5, 5.41) is 17.3. The molecule has 0 bridgehead atoms. The molecule has 0 amide bonds. The van der Waals surface area contributed by atoms with Gasteiger partial charge < -0.3 is 4.42 Å². The van der Waals surface area contributed by atoms with E-state index in [1.807, 2.05) is 26.8 Å². The van der Waals surface area contributed by atoms with Gasteiger partial charge in [-0.3, -0.25) is 5.10 Å². The van der Waals surface area contributed by atoms with E-state index in [9.17, 15) is 5.26 Å². The standard InChI is InChI=1S/C15H14N4O/c1-15(2,3)13-9(7-16)12(11-5-4-6-20-11)10-8-17-19-14(10)18-13/h4-6,8H,1-3H3,(H,17,18,19). The highest BCUT2D eigenvalue weighted by molar-refractivity contribution is 5.94. The maximum absolute atomic E-state index is 9.60. The summed E-state index contributed by atoms with van der Waals surface area (Å²) in [6.07, 6.45) is 3.27. The first kappa shape index (κ1) is 12.4. The van der Waals surface area contributed by atoms with Crippen molar-refractivity contribution in [2.24, 2.45) is 0 Å². The average molecular weight is 266 g/mol. The quantitative estimate of drug-likeness (QED) is 0.732. The van der Waals surface area contributed by atoms with Crippen molar-refractivity contribution in [3.8, 4) is 17.4 Å². The van der Waals surface area contributed by atoms with E-state index in [1.54, 1.807) is 18.5 Å². The van der Waals surface area contributed by atoms with Crippen molar-refractivity contribution in [3.63, 3.8) is 0 Å². The summed E-state index contributed by atoms with van der Waals surface area (Å²) in [4.78, 5) is 4.57. The lowest BCUT2D eigenvalue weighted by Crippen LogP contribution is -2.16. The van der Waals surface area contributed by atoms with Gasteiger partial charge in [0.15, 0.2) is 5.65 Å². The number of pyridine rings is 1. The van der Waals surface area contributed by atoms with Crippen molar-refractivity contribution in [3.05, 3.63) is 35.9 Å². The first-order valence-electron chi connectivity index (χ1n) is 6.34. The van der Waals surface area contributed by atoms with Gasteiger partial charge in [-0.05, 0) is 12.1 Å². The van der Waals surface area contributed by atoms with E-state index < -0.39 is 0 Å². The predicted octanol–water partition coefficient (Wildman–Crippen LogP) is 3.39. The summed E-state index contributed by atoms with van der Waals surface area (Å²) < 4.78 is 5.49. The van der Waals surface area contributed by atoms with Crippen LogP contribution in [0.5, 0.6) is 0 Å². The molecule has 0 spiro atoms. The first-order valence-corrected chi connectivity index (χ1v) is 6.34. The molecular formula is C15H14N4O. The third-order valence-corrected chi connectivity index (χ3v) is 3.19. The van der Waals surface area contributed by atoms with Crippen LogP contribution < -0.4 is 0 Å². The monoisotopic (exact) mass is 266 g/mol. The van der Waals surface area contributed by atoms with Gasteiger partial charge >= 0.3 is 0 Å².